The Balaban J connectivity index is 2.10. The van der Waals surface area contributed by atoms with Crippen LogP contribution in [0.25, 0.3) is 0 Å². The molecule has 0 fully saturated rings. The van der Waals surface area contributed by atoms with Crippen LogP contribution in [0.1, 0.15) is 5.56 Å². The zero-order valence-corrected chi connectivity index (χ0v) is 11.8. The molecule has 1 aromatic heterocycles. The van der Waals surface area contributed by atoms with E-state index in [-0.39, 0.29) is 5.75 Å². The molecular weight excluding hydrogens is 316 g/mol. The van der Waals surface area contributed by atoms with Gasteiger partial charge in [0.25, 0.3) is 0 Å². The fourth-order valence-corrected chi connectivity index (χ4v) is 2.90. The van der Waals surface area contributed by atoms with E-state index in [2.05, 4.69) is 25.6 Å². The SMILES string of the molecule is O=S(=O)(Cc1ccc(Br)cc1)Nc1ccncc1. The Morgan fingerprint density at radius 3 is 2.28 bits per heavy atom. The van der Waals surface area contributed by atoms with Crippen molar-refractivity contribution in [3.05, 3.63) is 58.8 Å². The molecule has 2 aromatic rings. The first-order chi connectivity index (χ1) is 8.55. The summed E-state index contributed by atoms with van der Waals surface area (Å²) in [4.78, 5) is 3.83. The van der Waals surface area contributed by atoms with Crippen LogP contribution in [0.3, 0.4) is 0 Å². The van der Waals surface area contributed by atoms with Gasteiger partial charge in [-0.3, -0.25) is 9.71 Å². The van der Waals surface area contributed by atoms with E-state index in [4.69, 9.17) is 0 Å². The predicted molar refractivity (Wildman–Crippen MR) is 74.6 cm³/mol. The van der Waals surface area contributed by atoms with Crippen molar-refractivity contribution >= 4 is 31.6 Å². The molecule has 0 aliphatic carbocycles. The molecule has 1 heterocycles. The fourth-order valence-electron chi connectivity index (χ4n) is 1.44. The summed E-state index contributed by atoms with van der Waals surface area (Å²) in [6, 6.07) is 10.4. The van der Waals surface area contributed by atoms with Gasteiger partial charge in [-0.15, -0.1) is 0 Å². The fraction of sp³-hybridized carbons (Fsp3) is 0.0833. The molecule has 0 radical (unpaired) electrons. The number of halogens is 1. The average Bonchev–Trinajstić information content (AvgIpc) is 2.32. The number of nitrogens with one attached hydrogen (secondary N) is 1. The van der Waals surface area contributed by atoms with E-state index in [1.165, 1.54) is 12.4 Å². The van der Waals surface area contributed by atoms with Gasteiger partial charge in [0.2, 0.25) is 10.0 Å². The van der Waals surface area contributed by atoms with Gasteiger partial charge in [-0.25, -0.2) is 8.42 Å². The second-order valence-electron chi connectivity index (χ2n) is 3.72. The van der Waals surface area contributed by atoms with E-state index in [0.717, 1.165) is 10.0 Å². The van der Waals surface area contributed by atoms with E-state index < -0.39 is 10.0 Å². The Morgan fingerprint density at radius 2 is 1.67 bits per heavy atom. The third-order valence-corrected chi connectivity index (χ3v) is 4.01. The van der Waals surface area contributed by atoms with Crippen molar-refractivity contribution in [3.8, 4) is 0 Å². The maximum atomic E-state index is 11.9. The first kappa shape index (κ1) is 13.0. The van der Waals surface area contributed by atoms with Gasteiger partial charge in [-0.2, -0.15) is 0 Å². The molecule has 0 aliphatic heterocycles. The Hall–Kier alpha value is -1.40. The van der Waals surface area contributed by atoms with Gasteiger partial charge in [-0.1, -0.05) is 28.1 Å². The molecular formula is C12H11BrN2O2S. The number of anilines is 1. The van der Waals surface area contributed by atoms with Crippen molar-refractivity contribution in [1.29, 1.82) is 0 Å². The summed E-state index contributed by atoms with van der Waals surface area (Å²) >= 11 is 3.31. The molecule has 0 aliphatic rings. The molecule has 0 atom stereocenters. The van der Waals surface area contributed by atoms with Crippen LogP contribution in [0.15, 0.2) is 53.3 Å². The molecule has 0 saturated heterocycles. The van der Waals surface area contributed by atoms with Crippen LogP contribution in [-0.4, -0.2) is 13.4 Å². The standard InChI is InChI=1S/C12H11BrN2O2S/c13-11-3-1-10(2-4-11)9-18(16,17)15-12-5-7-14-8-6-12/h1-8H,9H2,(H,14,15). The van der Waals surface area contributed by atoms with Gasteiger partial charge in [0.15, 0.2) is 0 Å². The molecule has 1 aromatic carbocycles. The number of pyridine rings is 1. The smallest absolute Gasteiger partial charge is 0.236 e. The van der Waals surface area contributed by atoms with Crippen LogP contribution in [-0.2, 0) is 15.8 Å². The van der Waals surface area contributed by atoms with Gasteiger partial charge in [0.05, 0.1) is 11.4 Å². The minimum Gasteiger partial charge on any atom is -0.283 e. The molecule has 4 nitrogen and oxygen atoms in total. The lowest BCUT2D eigenvalue weighted by Crippen LogP contribution is -2.14. The molecule has 2 rings (SSSR count). The van der Waals surface area contributed by atoms with Gasteiger partial charge in [0.1, 0.15) is 0 Å². The summed E-state index contributed by atoms with van der Waals surface area (Å²) in [6.45, 7) is 0. The minimum absolute atomic E-state index is 0.0530. The largest absolute Gasteiger partial charge is 0.283 e. The van der Waals surface area contributed by atoms with Gasteiger partial charge < -0.3 is 0 Å². The molecule has 6 heteroatoms. The first-order valence-corrected chi connectivity index (χ1v) is 7.65. The van der Waals surface area contributed by atoms with E-state index in [9.17, 15) is 8.42 Å². The Bertz CT molecular complexity index is 612. The molecule has 0 spiro atoms. The Kier molecular flexibility index (Phi) is 3.98. The number of sulfonamides is 1. The quantitative estimate of drug-likeness (QED) is 0.939. The number of benzene rings is 1. The third kappa shape index (κ3) is 3.82. The number of aromatic nitrogens is 1. The normalized spacial score (nSPS) is 11.2. The third-order valence-electron chi connectivity index (χ3n) is 2.22. The highest BCUT2D eigenvalue weighted by molar-refractivity contribution is 9.10. The van der Waals surface area contributed by atoms with Crippen LogP contribution >= 0.6 is 15.9 Å². The highest BCUT2D eigenvalue weighted by atomic mass is 79.9. The second kappa shape index (κ2) is 5.49. The summed E-state index contributed by atoms with van der Waals surface area (Å²) in [6.07, 6.45) is 3.08. The predicted octanol–water partition coefficient (Wildman–Crippen LogP) is 2.79. The highest BCUT2D eigenvalue weighted by Gasteiger charge is 2.11. The molecule has 1 N–H and O–H groups in total. The van der Waals surface area contributed by atoms with Crippen LogP contribution < -0.4 is 4.72 Å². The Morgan fingerprint density at radius 1 is 1.06 bits per heavy atom. The summed E-state index contributed by atoms with van der Waals surface area (Å²) in [5.41, 5.74) is 1.25. The second-order valence-corrected chi connectivity index (χ2v) is 6.36. The zero-order chi connectivity index (χ0) is 13.0. The summed E-state index contributed by atoms with van der Waals surface area (Å²) < 4.78 is 27.2. The van der Waals surface area contributed by atoms with Crippen molar-refractivity contribution in [1.82, 2.24) is 4.98 Å². The summed E-state index contributed by atoms with van der Waals surface area (Å²) in [5, 5.41) is 0. The van der Waals surface area contributed by atoms with E-state index in [0.29, 0.717) is 5.69 Å². The van der Waals surface area contributed by atoms with Crippen molar-refractivity contribution in [2.45, 2.75) is 5.75 Å². The van der Waals surface area contributed by atoms with Gasteiger partial charge in [-0.05, 0) is 29.8 Å². The van der Waals surface area contributed by atoms with Crippen LogP contribution in [0, 0.1) is 0 Å². The Labute approximate surface area is 114 Å². The number of rotatable bonds is 4. The van der Waals surface area contributed by atoms with Crippen molar-refractivity contribution < 1.29 is 8.42 Å². The maximum Gasteiger partial charge on any atom is 0.236 e. The lowest BCUT2D eigenvalue weighted by Gasteiger charge is -2.07. The maximum absolute atomic E-state index is 11.9. The van der Waals surface area contributed by atoms with Gasteiger partial charge >= 0.3 is 0 Å². The highest BCUT2D eigenvalue weighted by Crippen LogP contribution is 2.14. The van der Waals surface area contributed by atoms with Gasteiger partial charge in [0, 0.05) is 16.9 Å². The zero-order valence-electron chi connectivity index (χ0n) is 9.38. The summed E-state index contributed by atoms with van der Waals surface area (Å²) in [5.74, 6) is -0.0530. The number of hydrogen-bond acceptors (Lipinski definition) is 3. The molecule has 0 bridgehead atoms. The summed E-state index contributed by atoms with van der Waals surface area (Å²) in [7, 11) is -3.39. The topological polar surface area (TPSA) is 59.1 Å². The average molecular weight is 327 g/mol. The lowest BCUT2D eigenvalue weighted by molar-refractivity contribution is 0.600. The number of nitrogens with zero attached hydrogens (tertiary/aromatic N) is 1. The van der Waals surface area contributed by atoms with Crippen molar-refractivity contribution in [2.75, 3.05) is 4.72 Å². The molecule has 0 amide bonds. The van der Waals surface area contributed by atoms with Crippen molar-refractivity contribution in [2.24, 2.45) is 0 Å². The molecule has 0 unspecified atom stereocenters. The molecule has 18 heavy (non-hydrogen) atoms. The first-order valence-electron chi connectivity index (χ1n) is 5.20. The van der Waals surface area contributed by atoms with Crippen molar-refractivity contribution in [3.63, 3.8) is 0 Å². The number of hydrogen-bond donors (Lipinski definition) is 1. The van der Waals surface area contributed by atoms with Crippen LogP contribution in [0.2, 0.25) is 0 Å². The molecule has 94 valence electrons. The van der Waals surface area contributed by atoms with E-state index >= 15 is 0 Å². The van der Waals surface area contributed by atoms with Crippen LogP contribution in [0.5, 0.6) is 0 Å². The van der Waals surface area contributed by atoms with E-state index in [1.807, 2.05) is 12.1 Å². The minimum atomic E-state index is -3.39. The monoisotopic (exact) mass is 326 g/mol. The van der Waals surface area contributed by atoms with Crippen LogP contribution in [0.4, 0.5) is 5.69 Å². The van der Waals surface area contributed by atoms with E-state index in [1.54, 1.807) is 24.3 Å². The molecule has 0 saturated carbocycles. The lowest BCUT2D eigenvalue weighted by atomic mass is 10.2.